The van der Waals surface area contributed by atoms with Gasteiger partial charge in [0.1, 0.15) is 6.33 Å². The number of rotatable bonds is 4. The Hall–Kier alpha value is -1.58. The summed E-state index contributed by atoms with van der Waals surface area (Å²) in [7, 11) is 0. The lowest BCUT2D eigenvalue weighted by molar-refractivity contribution is 0.0383. The average Bonchev–Trinajstić information content (AvgIpc) is 3.00. The number of nitrogens with zero attached hydrogens (tertiary/aromatic N) is 5. The van der Waals surface area contributed by atoms with Crippen molar-refractivity contribution in [2.45, 2.75) is 0 Å². The summed E-state index contributed by atoms with van der Waals surface area (Å²) in [6.07, 6.45) is 1.48. The molecule has 2 aromatic rings. The Bertz CT molecular complexity index is 533. The lowest BCUT2D eigenvalue weighted by Crippen LogP contribution is -2.41. The van der Waals surface area contributed by atoms with Crippen molar-refractivity contribution in [3.63, 3.8) is 0 Å². The number of hydrogen-bond acceptors (Lipinski definition) is 7. The number of amides is 1. The van der Waals surface area contributed by atoms with Crippen molar-refractivity contribution < 1.29 is 9.53 Å². The first-order valence-electron chi connectivity index (χ1n) is 6.08. The minimum Gasteiger partial charge on any atom is -0.379 e. The van der Waals surface area contributed by atoms with Gasteiger partial charge in [0.15, 0.2) is 0 Å². The average molecular weight is 282 g/mol. The number of carbonyl (C=O) groups excluding carboxylic acids is 1. The van der Waals surface area contributed by atoms with E-state index in [9.17, 15) is 4.79 Å². The summed E-state index contributed by atoms with van der Waals surface area (Å²) >= 11 is 1.23. The quantitative estimate of drug-likeness (QED) is 0.794. The fourth-order valence-corrected chi connectivity index (χ4v) is 2.62. The fraction of sp³-hybridized carbons (Fsp3) is 0.600. The highest BCUT2D eigenvalue weighted by atomic mass is 32.1. The Morgan fingerprint density at radius 2 is 2.32 bits per heavy atom. The van der Waals surface area contributed by atoms with E-state index < -0.39 is 0 Å². The third kappa shape index (κ3) is 2.88. The van der Waals surface area contributed by atoms with Crippen LogP contribution in [0.5, 0.6) is 0 Å². The van der Waals surface area contributed by atoms with Gasteiger partial charge in [-0.05, 0) is 0 Å². The van der Waals surface area contributed by atoms with Gasteiger partial charge >= 0.3 is 0 Å². The second-order valence-corrected chi connectivity index (χ2v) is 5.13. The van der Waals surface area contributed by atoms with Crippen LogP contribution in [0.4, 0.5) is 0 Å². The second kappa shape index (κ2) is 5.59. The van der Waals surface area contributed by atoms with E-state index in [0.717, 1.165) is 32.8 Å². The fourth-order valence-electron chi connectivity index (χ4n) is 1.88. The van der Waals surface area contributed by atoms with E-state index in [1.165, 1.54) is 22.2 Å². The molecule has 1 amide bonds. The van der Waals surface area contributed by atoms with Crippen molar-refractivity contribution in [1.82, 2.24) is 30.0 Å². The van der Waals surface area contributed by atoms with E-state index in [1.54, 1.807) is 0 Å². The van der Waals surface area contributed by atoms with Crippen molar-refractivity contribution >= 4 is 22.2 Å². The van der Waals surface area contributed by atoms with Crippen LogP contribution in [0.15, 0.2) is 6.33 Å². The SMILES string of the molecule is O=C(NCCN1CCOCC1)c1nn2cnnc2s1. The van der Waals surface area contributed by atoms with E-state index >= 15 is 0 Å². The summed E-state index contributed by atoms with van der Waals surface area (Å²) in [5, 5.41) is 14.9. The largest absolute Gasteiger partial charge is 0.379 e. The zero-order valence-corrected chi connectivity index (χ0v) is 11.1. The Morgan fingerprint density at radius 3 is 3.11 bits per heavy atom. The molecular formula is C10H14N6O2S. The van der Waals surface area contributed by atoms with Crippen LogP contribution in [0, 0.1) is 0 Å². The van der Waals surface area contributed by atoms with Crippen LogP contribution in [0.1, 0.15) is 9.80 Å². The molecule has 2 aromatic heterocycles. The molecule has 8 nitrogen and oxygen atoms in total. The molecule has 1 N–H and O–H groups in total. The van der Waals surface area contributed by atoms with E-state index in [0.29, 0.717) is 16.5 Å². The third-order valence-corrected chi connectivity index (χ3v) is 3.81. The lowest BCUT2D eigenvalue weighted by atomic mass is 10.4. The van der Waals surface area contributed by atoms with Gasteiger partial charge in [-0.25, -0.2) is 0 Å². The Kier molecular flexibility index (Phi) is 3.67. The monoisotopic (exact) mass is 282 g/mol. The van der Waals surface area contributed by atoms with Gasteiger partial charge < -0.3 is 10.1 Å². The van der Waals surface area contributed by atoms with Crippen LogP contribution >= 0.6 is 11.3 Å². The van der Waals surface area contributed by atoms with Gasteiger partial charge in [0, 0.05) is 26.2 Å². The Labute approximate surface area is 113 Å². The van der Waals surface area contributed by atoms with Crippen LogP contribution in [0.3, 0.4) is 0 Å². The molecule has 3 rings (SSSR count). The minimum absolute atomic E-state index is 0.163. The van der Waals surface area contributed by atoms with Gasteiger partial charge in [-0.2, -0.15) is 4.52 Å². The molecule has 1 saturated heterocycles. The maximum absolute atomic E-state index is 11.9. The number of morpholine rings is 1. The maximum atomic E-state index is 11.9. The zero-order valence-electron chi connectivity index (χ0n) is 10.3. The number of ether oxygens (including phenoxy) is 1. The standard InChI is InChI=1S/C10H14N6O2S/c17-8(9-14-16-7-12-13-10(16)19-9)11-1-2-15-3-5-18-6-4-15/h7H,1-6H2,(H,11,17). The highest BCUT2D eigenvalue weighted by molar-refractivity contribution is 7.18. The van der Waals surface area contributed by atoms with E-state index in [2.05, 4.69) is 25.5 Å². The van der Waals surface area contributed by atoms with Gasteiger partial charge in [-0.1, -0.05) is 11.3 Å². The second-order valence-electron chi connectivity index (χ2n) is 4.18. The first-order chi connectivity index (χ1) is 9.33. The zero-order chi connectivity index (χ0) is 13.1. The lowest BCUT2D eigenvalue weighted by Gasteiger charge is -2.26. The summed E-state index contributed by atoms with van der Waals surface area (Å²) in [4.78, 5) is 14.8. The third-order valence-electron chi connectivity index (χ3n) is 2.90. The van der Waals surface area contributed by atoms with Crippen LogP contribution in [0.25, 0.3) is 4.96 Å². The van der Waals surface area contributed by atoms with Gasteiger partial charge in [-0.15, -0.1) is 15.3 Å². The molecule has 3 heterocycles. The molecule has 0 spiro atoms. The van der Waals surface area contributed by atoms with E-state index in [4.69, 9.17) is 4.74 Å². The normalized spacial score (nSPS) is 16.8. The smallest absolute Gasteiger partial charge is 0.282 e. The van der Waals surface area contributed by atoms with Crippen LogP contribution < -0.4 is 5.32 Å². The highest BCUT2D eigenvalue weighted by Gasteiger charge is 2.14. The van der Waals surface area contributed by atoms with Gasteiger partial charge in [0.25, 0.3) is 5.91 Å². The molecule has 9 heteroatoms. The van der Waals surface area contributed by atoms with Crippen molar-refractivity contribution in [3.05, 3.63) is 11.3 Å². The Balaban J connectivity index is 1.49. The molecular weight excluding hydrogens is 268 g/mol. The molecule has 1 aliphatic heterocycles. The molecule has 0 aliphatic carbocycles. The van der Waals surface area contributed by atoms with Crippen molar-refractivity contribution in [1.29, 1.82) is 0 Å². The van der Waals surface area contributed by atoms with E-state index in [-0.39, 0.29) is 5.91 Å². The number of nitrogens with one attached hydrogen (secondary N) is 1. The summed E-state index contributed by atoms with van der Waals surface area (Å²) in [6, 6.07) is 0. The maximum Gasteiger partial charge on any atom is 0.282 e. The molecule has 1 aliphatic rings. The Morgan fingerprint density at radius 1 is 1.47 bits per heavy atom. The summed E-state index contributed by atoms with van der Waals surface area (Å²) in [5.74, 6) is -0.163. The van der Waals surface area contributed by atoms with Crippen molar-refractivity contribution in [2.24, 2.45) is 0 Å². The number of fused-ring (bicyclic) bond motifs is 1. The predicted octanol–water partition coefficient (Wildman–Crippen LogP) is -0.752. The topological polar surface area (TPSA) is 84.7 Å². The first kappa shape index (κ1) is 12.5. The van der Waals surface area contributed by atoms with Crippen LogP contribution in [-0.2, 0) is 4.74 Å². The number of aromatic nitrogens is 4. The van der Waals surface area contributed by atoms with Crippen LogP contribution in [-0.4, -0.2) is 70.0 Å². The first-order valence-corrected chi connectivity index (χ1v) is 6.90. The highest BCUT2D eigenvalue weighted by Crippen LogP contribution is 2.10. The molecule has 1 fully saturated rings. The van der Waals surface area contributed by atoms with Gasteiger partial charge in [0.2, 0.25) is 9.97 Å². The minimum atomic E-state index is -0.163. The molecule has 0 bridgehead atoms. The van der Waals surface area contributed by atoms with Gasteiger partial charge in [0.05, 0.1) is 13.2 Å². The van der Waals surface area contributed by atoms with Crippen LogP contribution in [0.2, 0.25) is 0 Å². The summed E-state index contributed by atoms with van der Waals surface area (Å²) < 4.78 is 6.77. The van der Waals surface area contributed by atoms with Crippen molar-refractivity contribution in [3.8, 4) is 0 Å². The van der Waals surface area contributed by atoms with Crippen molar-refractivity contribution in [2.75, 3.05) is 39.4 Å². The summed E-state index contributed by atoms with van der Waals surface area (Å²) in [5.41, 5.74) is 0. The molecule has 19 heavy (non-hydrogen) atoms. The molecule has 0 saturated carbocycles. The van der Waals surface area contributed by atoms with Gasteiger partial charge in [-0.3, -0.25) is 9.69 Å². The molecule has 0 radical (unpaired) electrons. The summed E-state index contributed by atoms with van der Waals surface area (Å²) in [6.45, 7) is 4.83. The molecule has 102 valence electrons. The molecule has 0 atom stereocenters. The number of hydrogen-bond donors (Lipinski definition) is 1. The predicted molar refractivity (Wildman–Crippen MR) is 68.3 cm³/mol. The molecule has 0 unspecified atom stereocenters. The van der Waals surface area contributed by atoms with E-state index in [1.807, 2.05) is 0 Å². The number of carbonyl (C=O) groups is 1. The molecule has 0 aromatic carbocycles.